The fourth-order valence-corrected chi connectivity index (χ4v) is 3.98. The summed E-state index contributed by atoms with van der Waals surface area (Å²) in [5, 5.41) is 2.37. The average Bonchev–Trinajstić information content (AvgIpc) is 3.12. The Hall–Kier alpha value is -2.99. The van der Waals surface area contributed by atoms with Crippen LogP contribution in [-0.2, 0) is 16.1 Å². The molecule has 0 saturated heterocycles. The Labute approximate surface area is 175 Å². The monoisotopic (exact) mass is 408 g/mol. The van der Waals surface area contributed by atoms with Crippen LogP contribution in [0.5, 0.6) is 0 Å². The van der Waals surface area contributed by atoms with Crippen LogP contribution >= 0.6 is 11.3 Å². The van der Waals surface area contributed by atoms with Crippen LogP contribution < -0.4 is 4.90 Å². The van der Waals surface area contributed by atoms with Crippen molar-refractivity contribution in [2.45, 2.75) is 41.2 Å². The molecule has 0 unspecified atom stereocenters. The number of carbonyl (C=O) groups is 2. The zero-order chi connectivity index (χ0) is 21.1. The summed E-state index contributed by atoms with van der Waals surface area (Å²) in [7, 11) is 0. The van der Waals surface area contributed by atoms with Gasteiger partial charge in [0, 0.05) is 12.3 Å². The number of amides is 1. The highest BCUT2D eigenvalue weighted by Gasteiger charge is 2.20. The lowest BCUT2D eigenvalue weighted by Gasteiger charge is -2.20. The second-order valence-corrected chi connectivity index (χ2v) is 7.93. The first kappa shape index (κ1) is 20.7. The molecular weight excluding hydrogens is 384 g/mol. The predicted octanol–water partition coefficient (Wildman–Crippen LogP) is 5.42. The molecule has 0 spiro atoms. The van der Waals surface area contributed by atoms with E-state index in [2.05, 4.69) is 4.98 Å². The van der Waals surface area contributed by atoms with Crippen LogP contribution in [0.1, 0.15) is 45.2 Å². The normalized spacial score (nSPS) is 10.7. The van der Waals surface area contributed by atoms with Crippen LogP contribution in [0.4, 0.5) is 10.8 Å². The van der Waals surface area contributed by atoms with Crippen molar-refractivity contribution in [2.75, 3.05) is 4.90 Å². The highest BCUT2D eigenvalue weighted by Crippen LogP contribution is 2.32. The molecule has 0 bridgehead atoms. The molecule has 0 fully saturated rings. The number of thiazole rings is 1. The summed E-state index contributed by atoms with van der Waals surface area (Å²) in [6.07, 6.45) is 0. The van der Waals surface area contributed by atoms with Gasteiger partial charge in [-0.1, -0.05) is 29.8 Å². The van der Waals surface area contributed by atoms with Gasteiger partial charge in [0.2, 0.25) is 5.91 Å². The summed E-state index contributed by atoms with van der Waals surface area (Å²) in [5.74, 6) is -0.496. The number of rotatable bonds is 5. The van der Waals surface area contributed by atoms with Crippen molar-refractivity contribution in [3.05, 3.63) is 75.3 Å². The lowest BCUT2D eigenvalue weighted by Crippen LogP contribution is -2.23. The SMILES string of the molecule is CC(=O)N(c1nc(COC(=O)c2cccc(C)c2C)cs1)c1ccc(C)cc1C. The van der Waals surface area contributed by atoms with Gasteiger partial charge in [0.25, 0.3) is 0 Å². The van der Waals surface area contributed by atoms with Crippen LogP contribution in [0.25, 0.3) is 0 Å². The molecule has 1 heterocycles. The van der Waals surface area contributed by atoms with Crippen LogP contribution in [0.2, 0.25) is 0 Å². The van der Waals surface area contributed by atoms with Gasteiger partial charge in [-0.3, -0.25) is 9.69 Å². The van der Waals surface area contributed by atoms with Gasteiger partial charge in [-0.15, -0.1) is 11.3 Å². The molecule has 0 aliphatic rings. The molecule has 2 aromatic carbocycles. The maximum Gasteiger partial charge on any atom is 0.338 e. The summed E-state index contributed by atoms with van der Waals surface area (Å²) < 4.78 is 5.45. The third-order valence-electron chi connectivity index (χ3n) is 4.81. The van der Waals surface area contributed by atoms with Gasteiger partial charge in [0.1, 0.15) is 6.61 Å². The van der Waals surface area contributed by atoms with Crippen molar-refractivity contribution < 1.29 is 14.3 Å². The number of aryl methyl sites for hydroxylation is 3. The Bertz CT molecular complexity index is 1070. The summed E-state index contributed by atoms with van der Waals surface area (Å²) in [5.41, 5.74) is 6.05. The Morgan fingerprint density at radius 1 is 1.07 bits per heavy atom. The van der Waals surface area contributed by atoms with E-state index in [4.69, 9.17) is 4.74 Å². The third kappa shape index (κ3) is 4.54. The van der Waals surface area contributed by atoms with Gasteiger partial charge >= 0.3 is 5.97 Å². The number of hydrogen-bond donors (Lipinski definition) is 0. The van der Waals surface area contributed by atoms with E-state index in [0.717, 1.165) is 27.9 Å². The standard InChI is InChI=1S/C23H24N2O3S/c1-14-9-10-21(16(3)11-14)25(18(5)26)23-24-19(13-29-23)12-28-22(27)20-8-6-7-15(2)17(20)4/h6-11,13H,12H2,1-5H3. The van der Waals surface area contributed by atoms with Gasteiger partial charge in [0.15, 0.2) is 5.13 Å². The molecule has 0 aliphatic carbocycles. The first-order chi connectivity index (χ1) is 13.8. The second kappa shape index (κ2) is 8.57. The molecule has 0 radical (unpaired) electrons. The van der Waals surface area contributed by atoms with Crippen molar-refractivity contribution in [2.24, 2.45) is 0 Å². The molecule has 1 aromatic heterocycles. The molecule has 0 aliphatic heterocycles. The van der Waals surface area contributed by atoms with E-state index in [1.807, 2.05) is 63.4 Å². The van der Waals surface area contributed by atoms with E-state index in [0.29, 0.717) is 16.4 Å². The van der Waals surface area contributed by atoms with E-state index < -0.39 is 0 Å². The van der Waals surface area contributed by atoms with Gasteiger partial charge in [-0.2, -0.15) is 0 Å². The van der Waals surface area contributed by atoms with Gasteiger partial charge in [-0.25, -0.2) is 9.78 Å². The van der Waals surface area contributed by atoms with Crippen molar-refractivity contribution in [1.29, 1.82) is 0 Å². The third-order valence-corrected chi connectivity index (χ3v) is 5.69. The molecule has 150 valence electrons. The Balaban J connectivity index is 1.77. The molecule has 5 nitrogen and oxygen atoms in total. The number of aromatic nitrogens is 1. The minimum absolute atomic E-state index is 0.0569. The smallest absolute Gasteiger partial charge is 0.338 e. The molecular formula is C23H24N2O3S. The number of carbonyl (C=O) groups excluding carboxylic acids is 2. The van der Waals surface area contributed by atoms with E-state index in [-0.39, 0.29) is 18.5 Å². The van der Waals surface area contributed by atoms with Crippen LogP contribution in [0.15, 0.2) is 41.8 Å². The Morgan fingerprint density at radius 2 is 1.83 bits per heavy atom. The largest absolute Gasteiger partial charge is 0.456 e. The highest BCUT2D eigenvalue weighted by atomic mass is 32.1. The van der Waals surface area contributed by atoms with Gasteiger partial charge in [-0.05, 0) is 56.5 Å². The van der Waals surface area contributed by atoms with E-state index in [1.54, 1.807) is 11.0 Å². The van der Waals surface area contributed by atoms with Crippen molar-refractivity contribution in [1.82, 2.24) is 4.98 Å². The first-order valence-corrected chi connectivity index (χ1v) is 10.2. The molecule has 1 amide bonds. The highest BCUT2D eigenvalue weighted by molar-refractivity contribution is 7.14. The number of anilines is 2. The molecule has 0 atom stereocenters. The van der Waals surface area contributed by atoms with E-state index >= 15 is 0 Å². The fraction of sp³-hybridized carbons (Fsp3) is 0.261. The first-order valence-electron chi connectivity index (χ1n) is 9.33. The fourth-order valence-electron chi connectivity index (χ4n) is 3.12. The summed E-state index contributed by atoms with van der Waals surface area (Å²) in [6, 6.07) is 11.5. The second-order valence-electron chi connectivity index (χ2n) is 7.09. The predicted molar refractivity (Wildman–Crippen MR) is 116 cm³/mol. The maximum atomic E-state index is 12.4. The molecule has 0 saturated carbocycles. The number of ether oxygens (including phenoxy) is 1. The molecule has 3 rings (SSSR count). The van der Waals surface area contributed by atoms with Crippen LogP contribution in [0.3, 0.4) is 0 Å². The van der Waals surface area contributed by atoms with E-state index in [1.165, 1.54) is 18.3 Å². The van der Waals surface area contributed by atoms with Crippen molar-refractivity contribution in [3.8, 4) is 0 Å². The topological polar surface area (TPSA) is 59.5 Å². The summed E-state index contributed by atoms with van der Waals surface area (Å²) in [4.78, 5) is 30.9. The maximum absolute atomic E-state index is 12.4. The summed E-state index contributed by atoms with van der Waals surface area (Å²) in [6.45, 7) is 9.42. The molecule has 0 N–H and O–H groups in total. The Morgan fingerprint density at radius 3 is 2.52 bits per heavy atom. The molecule has 3 aromatic rings. The van der Waals surface area contributed by atoms with E-state index in [9.17, 15) is 9.59 Å². The van der Waals surface area contributed by atoms with Gasteiger partial charge in [0.05, 0.1) is 16.9 Å². The van der Waals surface area contributed by atoms with Crippen molar-refractivity contribution in [3.63, 3.8) is 0 Å². The minimum atomic E-state index is -0.376. The quantitative estimate of drug-likeness (QED) is 0.529. The van der Waals surface area contributed by atoms with Crippen molar-refractivity contribution >= 4 is 34.0 Å². The number of hydrogen-bond acceptors (Lipinski definition) is 5. The lowest BCUT2D eigenvalue weighted by atomic mass is 10.0. The van der Waals surface area contributed by atoms with Gasteiger partial charge < -0.3 is 4.74 Å². The van der Waals surface area contributed by atoms with Crippen LogP contribution in [0, 0.1) is 27.7 Å². The number of benzene rings is 2. The zero-order valence-electron chi connectivity index (χ0n) is 17.3. The summed E-state index contributed by atoms with van der Waals surface area (Å²) >= 11 is 1.35. The lowest BCUT2D eigenvalue weighted by molar-refractivity contribution is -0.115. The number of nitrogens with zero attached hydrogens (tertiary/aromatic N) is 2. The van der Waals surface area contributed by atoms with Crippen LogP contribution in [-0.4, -0.2) is 16.9 Å². The zero-order valence-corrected chi connectivity index (χ0v) is 18.1. The average molecular weight is 409 g/mol. The Kier molecular flexibility index (Phi) is 6.13. The molecule has 29 heavy (non-hydrogen) atoms. The molecule has 6 heteroatoms. The number of esters is 1. The minimum Gasteiger partial charge on any atom is -0.456 e.